The van der Waals surface area contributed by atoms with Crippen LogP contribution in [0.3, 0.4) is 0 Å². The van der Waals surface area contributed by atoms with Crippen LogP contribution in [0, 0.1) is 39.9 Å². The highest BCUT2D eigenvalue weighted by Crippen LogP contribution is 2.87. The summed E-state index contributed by atoms with van der Waals surface area (Å²) in [6, 6.07) is 0. The Hall–Kier alpha value is -0.280. The van der Waals surface area contributed by atoms with Crippen LogP contribution in [0.1, 0.15) is 78.6 Å². The molecule has 0 aliphatic heterocycles. The number of carbonyl (C=O) groups is 2. The van der Waals surface area contributed by atoms with Gasteiger partial charge in [0.2, 0.25) is 0 Å². The van der Waals surface area contributed by atoms with Gasteiger partial charge in [0.25, 0.3) is 0 Å². The van der Waals surface area contributed by atoms with Gasteiger partial charge in [-0.2, -0.15) is 0 Å². The Kier molecular flexibility index (Phi) is 4.15. The van der Waals surface area contributed by atoms with E-state index in [9.17, 15) is 9.59 Å². The Morgan fingerprint density at radius 2 is 1.89 bits per heavy atom. The van der Waals surface area contributed by atoms with Gasteiger partial charge in [0, 0.05) is 36.0 Å². The number of ketones is 1. The molecule has 0 aromatic carbocycles. The molecular formula is C23H32Cl2O3. The van der Waals surface area contributed by atoms with Crippen molar-refractivity contribution < 1.29 is 14.3 Å². The molecule has 5 rings (SSSR count). The third kappa shape index (κ3) is 2.14. The molecule has 28 heavy (non-hydrogen) atoms. The summed E-state index contributed by atoms with van der Waals surface area (Å²) in [5.74, 6) is 2.24. The van der Waals surface area contributed by atoms with Crippen molar-refractivity contribution in [1.29, 1.82) is 0 Å². The molecule has 5 heteroatoms. The number of carbonyl (C=O) groups excluding carboxylic acids is 2. The van der Waals surface area contributed by atoms with Crippen molar-refractivity contribution in [2.45, 2.75) is 89.0 Å². The highest BCUT2D eigenvalue weighted by Gasteiger charge is 2.86. The minimum atomic E-state index is -0.752. The number of Topliss-reactive ketones (excluding diaryl/α,β-unsaturated/α-hetero) is 1. The summed E-state index contributed by atoms with van der Waals surface area (Å²) >= 11 is 13.9. The van der Waals surface area contributed by atoms with E-state index >= 15 is 0 Å². The van der Waals surface area contributed by atoms with Gasteiger partial charge in [-0.1, -0.05) is 20.8 Å². The zero-order valence-electron chi connectivity index (χ0n) is 17.2. The lowest BCUT2D eigenvalue weighted by molar-refractivity contribution is -0.165. The number of fused-ring (bicyclic) bond motifs is 4. The Morgan fingerprint density at radius 1 is 1.14 bits per heavy atom. The maximum Gasteiger partial charge on any atom is 0.305 e. The topological polar surface area (TPSA) is 43.4 Å². The summed E-state index contributed by atoms with van der Waals surface area (Å²) < 4.78 is 5.15. The van der Waals surface area contributed by atoms with E-state index in [1.165, 1.54) is 0 Å². The Balaban J connectivity index is 1.48. The number of alkyl halides is 2. The summed E-state index contributed by atoms with van der Waals surface area (Å²) in [6.07, 6.45) is 8.07. The lowest BCUT2D eigenvalue weighted by Gasteiger charge is -2.60. The molecule has 156 valence electrons. The van der Waals surface area contributed by atoms with Gasteiger partial charge in [-0.05, 0) is 61.7 Å². The molecule has 5 fully saturated rings. The molecule has 0 aromatic heterocycles. The fourth-order valence-corrected chi connectivity index (χ4v) is 9.98. The summed E-state index contributed by atoms with van der Waals surface area (Å²) in [6.45, 7) is 6.61. The number of esters is 1. The first-order valence-corrected chi connectivity index (χ1v) is 12.0. The third-order valence-electron chi connectivity index (χ3n) is 10.2. The number of hydrogen-bond acceptors (Lipinski definition) is 3. The molecule has 5 aliphatic rings. The first kappa shape index (κ1) is 19.7. The fraction of sp³-hybridized carbons (Fsp3) is 0.913. The standard InChI is InChI=1S/C23H32Cl2O3/c1-4-19(27)28-18-6-5-15-14-11-17-22(23(17,24)25)12-13(26)7-10-21(22,3)16(14)8-9-20(15,18)2/h14-18H,4-12H2,1-3H3/t14-,15-,16-,17+,18+,20-,21+,22-/m0/s1. The first-order chi connectivity index (χ1) is 13.1. The molecule has 0 heterocycles. The van der Waals surface area contributed by atoms with E-state index in [2.05, 4.69) is 13.8 Å². The van der Waals surface area contributed by atoms with Crippen molar-refractivity contribution in [3.63, 3.8) is 0 Å². The van der Waals surface area contributed by atoms with Crippen LogP contribution in [0.2, 0.25) is 0 Å². The van der Waals surface area contributed by atoms with Crippen LogP contribution >= 0.6 is 23.2 Å². The van der Waals surface area contributed by atoms with Crippen LogP contribution in [-0.4, -0.2) is 22.2 Å². The average Bonchev–Trinajstić information content (AvgIpc) is 2.93. The highest BCUT2D eigenvalue weighted by atomic mass is 35.5. The molecule has 8 atom stereocenters. The van der Waals surface area contributed by atoms with Crippen molar-refractivity contribution in [3.8, 4) is 0 Å². The quantitative estimate of drug-likeness (QED) is 0.419. The number of rotatable bonds is 2. The van der Waals surface area contributed by atoms with Crippen LogP contribution in [0.15, 0.2) is 0 Å². The third-order valence-corrected chi connectivity index (χ3v) is 11.4. The Morgan fingerprint density at radius 3 is 2.61 bits per heavy atom. The maximum atomic E-state index is 12.4. The smallest absolute Gasteiger partial charge is 0.305 e. The van der Waals surface area contributed by atoms with Gasteiger partial charge in [0.05, 0.1) is 0 Å². The monoisotopic (exact) mass is 426 g/mol. The van der Waals surface area contributed by atoms with Gasteiger partial charge < -0.3 is 4.74 Å². The molecule has 1 spiro atoms. The molecule has 0 amide bonds. The zero-order valence-corrected chi connectivity index (χ0v) is 18.7. The molecule has 0 saturated heterocycles. The van der Waals surface area contributed by atoms with Gasteiger partial charge in [-0.15, -0.1) is 23.2 Å². The lowest BCUT2D eigenvalue weighted by atomic mass is 9.44. The second-order valence-electron chi connectivity index (χ2n) is 10.8. The van der Waals surface area contributed by atoms with Crippen molar-refractivity contribution in [2.24, 2.45) is 39.9 Å². The summed E-state index contributed by atoms with van der Waals surface area (Å²) in [5, 5.41) is 0. The second-order valence-corrected chi connectivity index (χ2v) is 12.2. The zero-order chi connectivity index (χ0) is 20.1. The first-order valence-electron chi connectivity index (χ1n) is 11.2. The molecule has 3 nitrogen and oxygen atoms in total. The van der Waals surface area contributed by atoms with Crippen LogP contribution in [-0.2, 0) is 14.3 Å². The molecule has 5 aliphatic carbocycles. The van der Waals surface area contributed by atoms with Crippen LogP contribution < -0.4 is 0 Å². The number of hydrogen-bond donors (Lipinski definition) is 0. The van der Waals surface area contributed by atoms with E-state index in [-0.39, 0.29) is 34.2 Å². The van der Waals surface area contributed by atoms with Crippen molar-refractivity contribution in [2.75, 3.05) is 0 Å². The minimum Gasteiger partial charge on any atom is -0.462 e. The van der Waals surface area contributed by atoms with Crippen molar-refractivity contribution in [1.82, 2.24) is 0 Å². The molecule has 0 N–H and O–H groups in total. The average molecular weight is 427 g/mol. The normalized spacial score (nSPS) is 53.5. The molecular weight excluding hydrogens is 395 g/mol. The summed E-state index contributed by atoms with van der Waals surface area (Å²) in [4.78, 5) is 24.4. The van der Waals surface area contributed by atoms with Crippen molar-refractivity contribution >= 4 is 35.0 Å². The predicted molar refractivity (Wildman–Crippen MR) is 109 cm³/mol. The molecule has 0 unspecified atom stereocenters. The fourth-order valence-electron chi connectivity index (χ4n) is 8.71. The maximum absolute atomic E-state index is 12.4. The van der Waals surface area contributed by atoms with Crippen LogP contribution in [0.5, 0.6) is 0 Å². The number of halogens is 2. The van der Waals surface area contributed by atoms with Gasteiger partial charge in [-0.25, -0.2) is 0 Å². The van der Waals surface area contributed by atoms with Gasteiger partial charge in [0.1, 0.15) is 16.2 Å². The SMILES string of the molecule is CCC(=O)O[C@@H]1CC[C@H]2[C@@H]3C[C@H]4C(Cl)(Cl)[C@@]45CC(=O)CC[C@]5(C)[C@H]3CC[C@]12C. The van der Waals surface area contributed by atoms with Crippen molar-refractivity contribution in [3.05, 3.63) is 0 Å². The van der Waals surface area contributed by atoms with Gasteiger partial charge in [-0.3, -0.25) is 9.59 Å². The van der Waals surface area contributed by atoms with E-state index < -0.39 is 4.33 Å². The minimum absolute atomic E-state index is 0.0503. The summed E-state index contributed by atoms with van der Waals surface area (Å²) in [5.41, 5.74) is -0.0828. The molecule has 5 saturated carbocycles. The second kappa shape index (κ2) is 5.90. The lowest BCUT2D eigenvalue weighted by Crippen LogP contribution is -2.55. The van der Waals surface area contributed by atoms with Crippen LogP contribution in [0.25, 0.3) is 0 Å². The van der Waals surface area contributed by atoms with Gasteiger partial charge >= 0.3 is 5.97 Å². The Labute approximate surface area is 178 Å². The number of ether oxygens (including phenoxy) is 1. The van der Waals surface area contributed by atoms with E-state index in [4.69, 9.17) is 27.9 Å². The largest absolute Gasteiger partial charge is 0.462 e. The Bertz CT molecular complexity index is 735. The van der Waals surface area contributed by atoms with Gasteiger partial charge in [0.15, 0.2) is 0 Å². The van der Waals surface area contributed by atoms with E-state index in [1.54, 1.807) is 0 Å². The van der Waals surface area contributed by atoms with E-state index in [0.29, 0.717) is 42.8 Å². The predicted octanol–water partition coefficient (Wildman–Crippen LogP) is 5.70. The highest BCUT2D eigenvalue weighted by molar-refractivity contribution is 6.52. The summed E-state index contributed by atoms with van der Waals surface area (Å²) in [7, 11) is 0. The van der Waals surface area contributed by atoms with E-state index in [1.807, 2.05) is 6.92 Å². The molecule has 0 bridgehead atoms. The van der Waals surface area contributed by atoms with E-state index in [0.717, 1.165) is 38.5 Å². The molecule has 0 aromatic rings. The van der Waals surface area contributed by atoms with Crippen LogP contribution in [0.4, 0.5) is 0 Å². The molecule has 0 radical (unpaired) electrons.